The number of carbonyl (C=O) groups excluding carboxylic acids is 1. The zero-order valence-corrected chi connectivity index (χ0v) is 11.7. The Kier molecular flexibility index (Phi) is 5.76. The second kappa shape index (κ2) is 7.34. The van der Waals surface area contributed by atoms with Crippen LogP contribution in [0, 0.1) is 11.3 Å². The van der Waals surface area contributed by atoms with E-state index < -0.39 is 0 Å². The van der Waals surface area contributed by atoms with Gasteiger partial charge in [-0.15, -0.1) is 0 Å². The van der Waals surface area contributed by atoms with E-state index in [2.05, 4.69) is 16.1 Å². The highest BCUT2D eigenvalue weighted by molar-refractivity contribution is 7.80. The highest BCUT2D eigenvalue weighted by atomic mass is 32.1. The van der Waals surface area contributed by atoms with Crippen molar-refractivity contribution >= 4 is 29.0 Å². The molecule has 1 aromatic rings. The van der Waals surface area contributed by atoms with E-state index in [9.17, 15) is 4.79 Å². The molecule has 19 heavy (non-hydrogen) atoms. The first-order valence-corrected chi connectivity index (χ1v) is 6.06. The van der Waals surface area contributed by atoms with Gasteiger partial charge in [0.15, 0.2) is 5.11 Å². The molecule has 0 radical (unpaired) electrons. The van der Waals surface area contributed by atoms with Crippen LogP contribution in [0.5, 0.6) is 0 Å². The Bertz CT molecular complexity index is 494. The smallest absolute Gasteiger partial charge is 0.337 e. The first-order valence-electron chi connectivity index (χ1n) is 5.66. The second-order valence-electron chi connectivity index (χ2n) is 3.83. The minimum Gasteiger partial charge on any atom is -0.465 e. The second-order valence-corrected chi connectivity index (χ2v) is 4.22. The molecule has 0 aromatic heterocycles. The number of esters is 1. The van der Waals surface area contributed by atoms with Gasteiger partial charge in [-0.05, 0) is 36.5 Å². The molecular formula is C13H15N3O2S. The summed E-state index contributed by atoms with van der Waals surface area (Å²) >= 11 is 5.19. The van der Waals surface area contributed by atoms with Crippen molar-refractivity contribution in [2.75, 3.05) is 26.0 Å². The molecule has 0 aliphatic rings. The summed E-state index contributed by atoms with van der Waals surface area (Å²) < 4.78 is 4.62. The van der Waals surface area contributed by atoms with Crippen LogP contribution < -0.4 is 5.32 Å². The van der Waals surface area contributed by atoms with E-state index in [0.29, 0.717) is 23.6 Å². The Balaban J connectivity index is 2.60. The molecule has 1 aromatic carbocycles. The van der Waals surface area contributed by atoms with Gasteiger partial charge >= 0.3 is 5.97 Å². The lowest BCUT2D eigenvalue weighted by molar-refractivity contribution is 0.0601. The van der Waals surface area contributed by atoms with Crippen molar-refractivity contribution in [1.29, 1.82) is 5.26 Å². The molecule has 100 valence electrons. The van der Waals surface area contributed by atoms with Crippen molar-refractivity contribution in [1.82, 2.24) is 4.90 Å². The fraction of sp³-hybridized carbons (Fsp3) is 0.308. The number of nitrogens with one attached hydrogen (secondary N) is 1. The number of methoxy groups -OCH3 is 1. The van der Waals surface area contributed by atoms with Crippen molar-refractivity contribution in [3.63, 3.8) is 0 Å². The van der Waals surface area contributed by atoms with E-state index >= 15 is 0 Å². The lowest BCUT2D eigenvalue weighted by atomic mass is 10.2. The summed E-state index contributed by atoms with van der Waals surface area (Å²) in [5, 5.41) is 12.1. The largest absolute Gasteiger partial charge is 0.465 e. The van der Waals surface area contributed by atoms with Gasteiger partial charge in [-0.1, -0.05) is 0 Å². The van der Waals surface area contributed by atoms with Crippen LogP contribution in [-0.4, -0.2) is 36.7 Å². The Morgan fingerprint density at radius 2 is 2.11 bits per heavy atom. The molecule has 6 heteroatoms. The topological polar surface area (TPSA) is 65.4 Å². The van der Waals surface area contributed by atoms with Crippen molar-refractivity contribution < 1.29 is 9.53 Å². The number of ether oxygens (including phenoxy) is 1. The summed E-state index contributed by atoms with van der Waals surface area (Å²) in [5.41, 5.74) is 1.26. The summed E-state index contributed by atoms with van der Waals surface area (Å²) in [6.07, 6.45) is 0.416. The molecule has 0 saturated heterocycles. The molecule has 0 amide bonds. The molecule has 0 aliphatic carbocycles. The summed E-state index contributed by atoms with van der Waals surface area (Å²) in [6, 6.07) is 8.87. The highest BCUT2D eigenvalue weighted by Crippen LogP contribution is 2.11. The van der Waals surface area contributed by atoms with Crippen LogP contribution in [0.1, 0.15) is 16.8 Å². The third kappa shape index (κ3) is 4.56. The van der Waals surface area contributed by atoms with Gasteiger partial charge in [-0.2, -0.15) is 5.26 Å². The van der Waals surface area contributed by atoms with Crippen LogP contribution in [0.25, 0.3) is 0 Å². The maximum absolute atomic E-state index is 11.3. The molecular weight excluding hydrogens is 262 g/mol. The summed E-state index contributed by atoms with van der Waals surface area (Å²) in [6.45, 7) is 0.572. The number of carbonyl (C=O) groups is 1. The van der Waals surface area contributed by atoms with E-state index in [1.165, 1.54) is 7.11 Å². The normalized spacial score (nSPS) is 9.32. The fourth-order valence-electron chi connectivity index (χ4n) is 1.35. The first kappa shape index (κ1) is 14.9. The summed E-state index contributed by atoms with van der Waals surface area (Å²) in [7, 11) is 3.16. The number of anilines is 1. The number of hydrogen-bond acceptors (Lipinski definition) is 4. The van der Waals surface area contributed by atoms with Gasteiger partial charge in [0.05, 0.1) is 25.2 Å². The average molecular weight is 277 g/mol. The van der Waals surface area contributed by atoms with E-state index in [4.69, 9.17) is 17.5 Å². The Hall–Kier alpha value is -2.13. The molecule has 1 N–H and O–H groups in total. The van der Waals surface area contributed by atoms with Crippen LogP contribution in [0.15, 0.2) is 24.3 Å². The molecule has 5 nitrogen and oxygen atoms in total. The SMILES string of the molecule is COC(=O)c1ccc(NC(=S)N(C)CCC#N)cc1. The fourth-order valence-corrected chi connectivity index (χ4v) is 1.55. The monoisotopic (exact) mass is 277 g/mol. The molecule has 0 heterocycles. The van der Waals surface area contributed by atoms with E-state index in [1.54, 1.807) is 29.2 Å². The van der Waals surface area contributed by atoms with Crippen LogP contribution >= 0.6 is 12.2 Å². The molecule has 0 fully saturated rings. The van der Waals surface area contributed by atoms with Gasteiger partial charge in [-0.3, -0.25) is 0 Å². The maximum atomic E-state index is 11.3. The molecule has 0 aliphatic heterocycles. The standard InChI is InChI=1S/C13H15N3O2S/c1-16(9-3-8-14)13(19)15-11-6-4-10(5-7-11)12(17)18-2/h4-7H,3,9H2,1-2H3,(H,15,19). The first-order chi connectivity index (χ1) is 9.08. The number of nitriles is 1. The molecule has 1 rings (SSSR count). The zero-order valence-electron chi connectivity index (χ0n) is 10.8. The number of benzene rings is 1. The molecule has 0 atom stereocenters. The Morgan fingerprint density at radius 3 is 2.63 bits per heavy atom. The van der Waals surface area contributed by atoms with Crippen molar-refractivity contribution in [3.8, 4) is 6.07 Å². The van der Waals surface area contributed by atoms with E-state index in [-0.39, 0.29) is 5.97 Å². The molecule has 0 saturated carbocycles. The molecule has 0 unspecified atom stereocenters. The van der Waals surface area contributed by atoms with Gasteiger partial charge in [0.2, 0.25) is 0 Å². The lowest BCUT2D eigenvalue weighted by Gasteiger charge is -2.19. The van der Waals surface area contributed by atoms with Gasteiger partial charge in [0.1, 0.15) is 0 Å². The van der Waals surface area contributed by atoms with Crippen molar-refractivity contribution in [3.05, 3.63) is 29.8 Å². The zero-order chi connectivity index (χ0) is 14.3. The molecule has 0 bridgehead atoms. The minimum atomic E-state index is -0.375. The number of hydrogen-bond donors (Lipinski definition) is 1. The average Bonchev–Trinajstić information content (AvgIpc) is 2.44. The number of rotatable bonds is 4. The Morgan fingerprint density at radius 1 is 1.47 bits per heavy atom. The van der Waals surface area contributed by atoms with Crippen LogP contribution in [-0.2, 0) is 4.74 Å². The van der Waals surface area contributed by atoms with E-state index in [1.807, 2.05) is 7.05 Å². The van der Waals surface area contributed by atoms with Crippen LogP contribution in [0.4, 0.5) is 5.69 Å². The highest BCUT2D eigenvalue weighted by Gasteiger charge is 2.06. The predicted octanol–water partition coefficient (Wildman–Crippen LogP) is 2.02. The Labute approximate surface area is 117 Å². The van der Waals surface area contributed by atoms with Gasteiger partial charge in [0.25, 0.3) is 0 Å². The van der Waals surface area contributed by atoms with Gasteiger partial charge in [-0.25, -0.2) is 4.79 Å². The quantitative estimate of drug-likeness (QED) is 0.671. The predicted molar refractivity (Wildman–Crippen MR) is 76.9 cm³/mol. The van der Waals surface area contributed by atoms with Gasteiger partial charge < -0.3 is 15.0 Å². The third-order valence-electron chi connectivity index (χ3n) is 2.46. The third-order valence-corrected chi connectivity index (χ3v) is 2.88. The number of thiocarbonyl (C=S) groups is 1. The van der Waals surface area contributed by atoms with Gasteiger partial charge in [0, 0.05) is 19.3 Å². The lowest BCUT2D eigenvalue weighted by Crippen LogP contribution is -2.31. The minimum absolute atomic E-state index is 0.375. The summed E-state index contributed by atoms with van der Waals surface area (Å²) in [5.74, 6) is -0.375. The molecule has 0 spiro atoms. The van der Waals surface area contributed by atoms with Crippen molar-refractivity contribution in [2.24, 2.45) is 0 Å². The van der Waals surface area contributed by atoms with Crippen molar-refractivity contribution in [2.45, 2.75) is 6.42 Å². The van der Waals surface area contributed by atoms with E-state index in [0.717, 1.165) is 5.69 Å². The van der Waals surface area contributed by atoms with Crippen LogP contribution in [0.2, 0.25) is 0 Å². The van der Waals surface area contributed by atoms with Crippen LogP contribution in [0.3, 0.4) is 0 Å². The number of nitrogens with zero attached hydrogens (tertiary/aromatic N) is 2. The maximum Gasteiger partial charge on any atom is 0.337 e. The summed E-state index contributed by atoms with van der Waals surface area (Å²) in [4.78, 5) is 13.1.